The fourth-order valence-corrected chi connectivity index (χ4v) is 3.52. The molecular weight excluding hydrogens is 420 g/mol. The fourth-order valence-electron chi connectivity index (χ4n) is 3.39. The number of aromatic carboxylic acids is 1. The largest absolute Gasteiger partial charge is 0.492 e. The van der Waals surface area contributed by atoms with E-state index in [0.717, 1.165) is 22.0 Å². The molecule has 0 aliphatic rings. The van der Waals surface area contributed by atoms with Crippen molar-refractivity contribution in [1.29, 1.82) is 0 Å². The average Bonchev–Trinajstić information content (AvgIpc) is 3.36. The molecule has 2 aromatic carbocycles. The third-order valence-corrected chi connectivity index (χ3v) is 4.82. The predicted molar refractivity (Wildman–Crippen MR) is 118 cm³/mol. The lowest BCUT2D eigenvalue weighted by molar-refractivity contribution is 0.0472. The number of carboxylic acid groups (broad SMARTS) is 1. The molecule has 2 atom stereocenters. The molecule has 0 saturated heterocycles. The van der Waals surface area contributed by atoms with Crippen LogP contribution in [0.4, 0.5) is 4.39 Å². The number of aromatic nitrogens is 1. The van der Waals surface area contributed by atoms with Gasteiger partial charge in [0.05, 0.1) is 19.1 Å². The van der Waals surface area contributed by atoms with Crippen LogP contribution in [0.1, 0.15) is 17.4 Å². The van der Waals surface area contributed by atoms with Crippen LogP contribution in [0.25, 0.3) is 22.0 Å². The number of carboxylic acids is 1. The molecule has 2 heterocycles. The second kappa shape index (κ2) is 8.44. The van der Waals surface area contributed by atoms with E-state index in [1.165, 1.54) is 6.92 Å². The zero-order valence-electron chi connectivity index (χ0n) is 16.7. The first-order valence-corrected chi connectivity index (χ1v) is 10.2. The van der Waals surface area contributed by atoms with Crippen LogP contribution in [0, 0.1) is 0 Å². The summed E-state index contributed by atoms with van der Waals surface area (Å²) in [7, 11) is 1.97. The summed E-state index contributed by atoms with van der Waals surface area (Å²) in [5.41, 5.74) is 1.03. The number of ether oxygens (including phenoxy) is 2. The second-order valence-electron chi connectivity index (χ2n) is 7.18. The topological polar surface area (TPSA) is 73.8 Å². The number of nitrogens with zero attached hydrogens (tertiary/aromatic N) is 1. The highest BCUT2D eigenvalue weighted by Gasteiger charge is 2.17. The Morgan fingerprint density at radius 3 is 2.52 bits per heavy atom. The summed E-state index contributed by atoms with van der Waals surface area (Å²) in [6.45, 7) is 1.91. The van der Waals surface area contributed by atoms with Gasteiger partial charge in [-0.15, -0.1) is 0 Å². The van der Waals surface area contributed by atoms with Crippen LogP contribution in [-0.2, 0) is 6.54 Å². The van der Waals surface area contributed by atoms with Gasteiger partial charge in [0.1, 0.15) is 23.8 Å². The predicted octanol–water partition coefficient (Wildman–Crippen LogP) is 5.58. The molecule has 0 radical (unpaired) electrons. The number of halogens is 1. The van der Waals surface area contributed by atoms with Gasteiger partial charge in [0.15, 0.2) is 0 Å². The molecule has 6 nitrogen and oxygen atoms in total. The molecular formula is C23H21FNO5P. The maximum Gasteiger partial charge on any atom is 0.352 e. The van der Waals surface area contributed by atoms with Crippen molar-refractivity contribution < 1.29 is 28.2 Å². The summed E-state index contributed by atoms with van der Waals surface area (Å²) in [6, 6.07) is 15.9. The van der Waals surface area contributed by atoms with Crippen LogP contribution in [0.3, 0.4) is 0 Å². The molecule has 0 aliphatic heterocycles. The average molecular weight is 441 g/mol. The first-order chi connectivity index (χ1) is 14.8. The summed E-state index contributed by atoms with van der Waals surface area (Å²) in [5.74, 6) is -0.0492. The Bertz CT molecular complexity index is 1190. The van der Waals surface area contributed by atoms with E-state index in [1.54, 1.807) is 47.4 Å². The van der Waals surface area contributed by atoms with Gasteiger partial charge in [0, 0.05) is 23.4 Å². The summed E-state index contributed by atoms with van der Waals surface area (Å²) in [4.78, 5) is 11.8. The molecule has 1 N–H and O–H groups in total. The van der Waals surface area contributed by atoms with Gasteiger partial charge >= 0.3 is 5.97 Å². The Balaban J connectivity index is 1.50. The van der Waals surface area contributed by atoms with E-state index in [1.807, 2.05) is 33.5 Å². The maximum atomic E-state index is 13.5. The van der Waals surface area contributed by atoms with E-state index < -0.39 is 11.6 Å². The van der Waals surface area contributed by atoms with E-state index >= 15 is 0 Å². The third kappa shape index (κ3) is 4.89. The number of hydrogen-bond acceptors (Lipinski definition) is 4. The van der Waals surface area contributed by atoms with Gasteiger partial charge in [-0.2, -0.15) is 4.39 Å². The standard InChI is InChI=1S/C23H21FNO5P/c1-23(24,31)30-19-5-3-18(4-6-19)29-11-9-25-20-7-2-15(16-8-10-28-14-16)12-17(20)13-21(25)22(26)27/h2-8,10,12-14H,9,11,31H2,1H3,(H,26,27). The van der Waals surface area contributed by atoms with Crippen molar-refractivity contribution in [3.05, 3.63) is 72.8 Å². The van der Waals surface area contributed by atoms with Gasteiger partial charge in [-0.3, -0.25) is 0 Å². The molecule has 2 unspecified atom stereocenters. The van der Waals surface area contributed by atoms with Crippen molar-refractivity contribution in [2.24, 2.45) is 0 Å². The molecule has 4 rings (SSSR count). The first kappa shape index (κ1) is 20.9. The van der Waals surface area contributed by atoms with Gasteiger partial charge in [-0.25, -0.2) is 4.79 Å². The van der Waals surface area contributed by atoms with Crippen molar-refractivity contribution >= 4 is 26.1 Å². The highest BCUT2D eigenvalue weighted by atomic mass is 31.0. The molecule has 0 aliphatic carbocycles. The van der Waals surface area contributed by atoms with E-state index in [9.17, 15) is 14.3 Å². The lowest BCUT2D eigenvalue weighted by Gasteiger charge is -2.17. The van der Waals surface area contributed by atoms with Crippen LogP contribution in [0.5, 0.6) is 11.5 Å². The quantitative estimate of drug-likeness (QED) is 0.362. The van der Waals surface area contributed by atoms with E-state index in [4.69, 9.17) is 13.9 Å². The van der Waals surface area contributed by atoms with Crippen molar-refractivity contribution in [2.75, 3.05) is 6.61 Å². The number of alkyl halides is 1. The van der Waals surface area contributed by atoms with Gasteiger partial charge in [-0.05, 0) is 54.1 Å². The molecule has 0 spiro atoms. The molecule has 0 bridgehead atoms. The molecule has 2 aromatic heterocycles. The SMILES string of the molecule is CC(F)(P)Oc1ccc(OCCn2c(C(=O)O)cc3cc(-c4ccoc4)ccc32)cc1. The molecule has 160 valence electrons. The monoisotopic (exact) mass is 441 g/mol. The summed E-state index contributed by atoms with van der Waals surface area (Å²) >= 11 is 0. The fraction of sp³-hybridized carbons (Fsp3) is 0.174. The molecule has 0 fully saturated rings. The zero-order valence-corrected chi connectivity index (χ0v) is 17.9. The Kier molecular flexibility index (Phi) is 5.70. The third-order valence-electron chi connectivity index (χ3n) is 4.70. The van der Waals surface area contributed by atoms with Gasteiger partial charge in [0.25, 0.3) is 5.60 Å². The van der Waals surface area contributed by atoms with Crippen molar-refractivity contribution in [2.45, 2.75) is 19.1 Å². The Morgan fingerprint density at radius 2 is 1.87 bits per heavy atom. The normalized spacial score (nSPS) is 13.1. The molecule has 8 heteroatoms. The van der Waals surface area contributed by atoms with Crippen molar-refractivity contribution in [1.82, 2.24) is 4.57 Å². The number of hydrogen-bond donors (Lipinski definition) is 1. The maximum absolute atomic E-state index is 13.5. The number of benzene rings is 2. The zero-order chi connectivity index (χ0) is 22.0. The minimum atomic E-state index is -1.84. The van der Waals surface area contributed by atoms with Crippen LogP contribution in [0.2, 0.25) is 0 Å². The van der Waals surface area contributed by atoms with Crippen LogP contribution >= 0.6 is 9.24 Å². The van der Waals surface area contributed by atoms with Gasteiger partial charge in [0.2, 0.25) is 0 Å². The number of fused-ring (bicyclic) bond motifs is 1. The summed E-state index contributed by atoms with van der Waals surface area (Å²) in [6.07, 6.45) is 3.24. The van der Waals surface area contributed by atoms with Crippen molar-refractivity contribution in [3.63, 3.8) is 0 Å². The number of carbonyl (C=O) groups is 1. The lowest BCUT2D eigenvalue weighted by Crippen LogP contribution is -2.16. The van der Waals surface area contributed by atoms with E-state index in [2.05, 4.69) is 0 Å². The Labute approximate surface area is 180 Å². The molecule has 0 amide bonds. The molecule has 0 saturated carbocycles. The lowest BCUT2D eigenvalue weighted by atomic mass is 10.1. The molecule has 31 heavy (non-hydrogen) atoms. The molecule has 4 aromatic rings. The number of rotatable bonds is 8. The minimum Gasteiger partial charge on any atom is -0.492 e. The van der Waals surface area contributed by atoms with Crippen LogP contribution in [-0.4, -0.2) is 27.8 Å². The summed E-state index contributed by atoms with van der Waals surface area (Å²) in [5, 5.41) is 10.5. The highest BCUT2D eigenvalue weighted by Crippen LogP contribution is 2.28. The first-order valence-electron chi connectivity index (χ1n) is 9.59. The Morgan fingerprint density at radius 1 is 1.13 bits per heavy atom. The van der Waals surface area contributed by atoms with Crippen molar-refractivity contribution in [3.8, 4) is 22.6 Å². The number of furan rings is 1. The minimum absolute atomic E-state index is 0.189. The van der Waals surface area contributed by atoms with Gasteiger partial charge in [-0.1, -0.05) is 15.3 Å². The van der Waals surface area contributed by atoms with Crippen LogP contribution < -0.4 is 9.47 Å². The highest BCUT2D eigenvalue weighted by molar-refractivity contribution is 7.18. The van der Waals surface area contributed by atoms with E-state index in [0.29, 0.717) is 18.0 Å². The summed E-state index contributed by atoms with van der Waals surface area (Å²) < 4.78 is 31.2. The van der Waals surface area contributed by atoms with E-state index in [-0.39, 0.29) is 12.3 Å². The Hall–Kier alpha value is -3.31. The smallest absolute Gasteiger partial charge is 0.352 e. The van der Waals surface area contributed by atoms with Crippen LogP contribution in [0.15, 0.2) is 71.5 Å². The van der Waals surface area contributed by atoms with Gasteiger partial charge < -0.3 is 23.6 Å². The second-order valence-corrected chi connectivity index (χ2v) is 8.21.